The van der Waals surface area contributed by atoms with Crippen molar-refractivity contribution in [1.29, 1.82) is 0 Å². The fourth-order valence-corrected chi connectivity index (χ4v) is 2.20. The minimum Gasteiger partial charge on any atom is -0.468 e. The molecular weight excluding hydrogens is 220 g/mol. The molecule has 1 aliphatic rings. The number of rotatable bonds is 5. The molecule has 5 heteroatoms. The Morgan fingerprint density at radius 3 is 2.24 bits per heavy atom. The molecule has 0 aromatic rings. The van der Waals surface area contributed by atoms with E-state index in [1.807, 2.05) is 19.0 Å². The normalized spacial score (nSPS) is 16.2. The van der Waals surface area contributed by atoms with Gasteiger partial charge in [0.2, 0.25) is 5.91 Å². The maximum Gasteiger partial charge on any atom is 0.325 e. The average Bonchev–Trinajstić information content (AvgIpc) is 2.77. The molecule has 0 aliphatic heterocycles. The monoisotopic (exact) mass is 242 g/mol. The highest BCUT2D eigenvalue weighted by molar-refractivity contribution is 5.83. The van der Waals surface area contributed by atoms with Gasteiger partial charge in [-0.15, -0.1) is 0 Å². The van der Waals surface area contributed by atoms with E-state index in [4.69, 9.17) is 0 Å². The molecule has 1 rings (SSSR count). The van der Waals surface area contributed by atoms with E-state index in [0.29, 0.717) is 6.54 Å². The molecular formula is C12H22N2O3. The topological polar surface area (TPSA) is 49.9 Å². The number of nitrogens with zero attached hydrogens (tertiary/aromatic N) is 2. The Hall–Kier alpha value is -1.10. The van der Waals surface area contributed by atoms with Gasteiger partial charge in [0, 0.05) is 6.04 Å². The van der Waals surface area contributed by atoms with Gasteiger partial charge in [-0.3, -0.25) is 9.59 Å². The number of hydrogen-bond acceptors (Lipinski definition) is 4. The van der Waals surface area contributed by atoms with Crippen LogP contribution >= 0.6 is 0 Å². The summed E-state index contributed by atoms with van der Waals surface area (Å²) >= 11 is 0. The SMILES string of the molecule is COC(=O)CN(C(=O)CN(C)C)C1CCCC1. The summed E-state index contributed by atoms with van der Waals surface area (Å²) in [5.41, 5.74) is 0. The molecule has 17 heavy (non-hydrogen) atoms. The first-order chi connectivity index (χ1) is 8.04. The van der Waals surface area contributed by atoms with Gasteiger partial charge in [-0.1, -0.05) is 12.8 Å². The van der Waals surface area contributed by atoms with Crippen molar-refractivity contribution in [2.24, 2.45) is 0 Å². The number of ether oxygens (including phenoxy) is 1. The Morgan fingerprint density at radius 2 is 1.76 bits per heavy atom. The minimum absolute atomic E-state index is 0.00676. The van der Waals surface area contributed by atoms with Crippen molar-refractivity contribution in [2.75, 3.05) is 34.3 Å². The van der Waals surface area contributed by atoms with Crippen molar-refractivity contribution >= 4 is 11.9 Å². The first-order valence-electron chi connectivity index (χ1n) is 6.05. The smallest absolute Gasteiger partial charge is 0.325 e. The Balaban J connectivity index is 2.63. The van der Waals surface area contributed by atoms with Crippen LogP contribution in [0.15, 0.2) is 0 Å². The number of likely N-dealkylation sites (N-methyl/N-ethyl adjacent to an activating group) is 1. The molecule has 0 aromatic heterocycles. The van der Waals surface area contributed by atoms with Crippen LogP contribution in [0.2, 0.25) is 0 Å². The second-order valence-corrected chi connectivity index (χ2v) is 4.77. The van der Waals surface area contributed by atoms with Gasteiger partial charge in [-0.05, 0) is 26.9 Å². The molecule has 1 aliphatic carbocycles. The first kappa shape index (κ1) is 14.0. The van der Waals surface area contributed by atoms with Gasteiger partial charge < -0.3 is 14.5 Å². The van der Waals surface area contributed by atoms with Crippen LogP contribution in [0.25, 0.3) is 0 Å². The predicted molar refractivity (Wildman–Crippen MR) is 64.5 cm³/mol. The van der Waals surface area contributed by atoms with Crippen molar-refractivity contribution in [2.45, 2.75) is 31.7 Å². The van der Waals surface area contributed by atoms with Crippen LogP contribution in [0.4, 0.5) is 0 Å². The van der Waals surface area contributed by atoms with E-state index in [1.54, 1.807) is 4.90 Å². The van der Waals surface area contributed by atoms with Gasteiger partial charge in [0.1, 0.15) is 6.54 Å². The van der Waals surface area contributed by atoms with Crippen LogP contribution in [0, 0.1) is 0 Å². The molecule has 0 aromatic carbocycles. The molecule has 0 unspecified atom stereocenters. The molecule has 0 radical (unpaired) electrons. The number of carbonyl (C=O) groups is 2. The van der Waals surface area contributed by atoms with Crippen molar-refractivity contribution in [1.82, 2.24) is 9.80 Å². The summed E-state index contributed by atoms with van der Waals surface area (Å²) in [4.78, 5) is 26.9. The minimum atomic E-state index is -0.344. The van der Waals surface area contributed by atoms with Gasteiger partial charge >= 0.3 is 5.97 Å². The fraction of sp³-hybridized carbons (Fsp3) is 0.833. The van der Waals surface area contributed by atoms with E-state index in [-0.39, 0.29) is 24.5 Å². The molecule has 98 valence electrons. The Bertz CT molecular complexity index is 273. The van der Waals surface area contributed by atoms with E-state index in [9.17, 15) is 9.59 Å². The molecule has 0 saturated heterocycles. The quantitative estimate of drug-likeness (QED) is 0.658. The van der Waals surface area contributed by atoms with Gasteiger partial charge in [-0.2, -0.15) is 0 Å². The highest BCUT2D eigenvalue weighted by Gasteiger charge is 2.28. The first-order valence-corrected chi connectivity index (χ1v) is 6.05. The van der Waals surface area contributed by atoms with E-state index in [0.717, 1.165) is 25.7 Å². The molecule has 5 nitrogen and oxygen atoms in total. The largest absolute Gasteiger partial charge is 0.468 e. The lowest BCUT2D eigenvalue weighted by Crippen LogP contribution is -2.46. The van der Waals surface area contributed by atoms with Crippen LogP contribution in [0.3, 0.4) is 0 Å². The molecule has 1 fully saturated rings. The number of esters is 1. The Morgan fingerprint density at radius 1 is 1.18 bits per heavy atom. The second kappa shape index (κ2) is 6.59. The van der Waals surface area contributed by atoms with E-state index in [1.165, 1.54) is 7.11 Å². The molecule has 1 saturated carbocycles. The highest BCUT2D eigenvalue weighted by atomic mass is 16.5. The summed E-state index contributed by atoms with van der Waals surface area (Å²) in [6.07, 6.45) is 4.27. The van der Waals surface area contributed by atoms with Crippen LogP contribution in [0.5, 0.6) is 0 Å². The lowest BCUT2D eigenvalue weighted by molar-refractivity contribution is -0.148. The Kier molecular flexibility index (Phi) is 5.41. The standard InChI is InChI=1S/C12H22N2O3/c1-13(2)8-11(15)14(9-12(16)17-3)10-6-4-5-7-10/h10H,4-9H2,1-3H3. The van der Waals surface area contributed by atoms with Crippen molar-refractivity contribution in [3.63, 3.8) is 0 Å². The van der Waals surface area contributed by atoms with Crippen LogP contribution < -0.4 is 0 Å². The highest BCUT2D eigenvalue weighted by Crippen LogP contribution is 2.23. The summed E-state index contributed by atoms with van der Waals surface area (Å²) in [6.45, 7) is 0.418. The zero-order chi connectivity index (χ0) is 12.8. The van der Waals surface area contributed by atoms with Crippen molar-refractivity contribution in [3.05, 3.63) is 0 Å². The van der Waals surface area contributed by atoms with E-state index >= 15 is 0 Å². The summed E-state index contributed by atoms with van der Waals surface area (Å²) < 4.78 is 4.65. The number of hydrogen-bond donors (Lipinski definition) is 0. The third-order valence-electron chi connectivity index (χ3n) is 3.06. The Labute approximate surface area is 103 Å². The van der Waals surface area contributed by atoms with Crippen LogP contribution in [-0.4, -0.2) is 62.0 Å². The molecule has 0 spiro atoms. The van der Waals surface area contributed by atoms with Crippen molar-refractivity contribution in [3.8, 4) is 0 Å². The fourth-order valence-electron chi connectivity index (χ4n) is 2.20. The second-order valence-electron chi connectivity index (χ2n) is 4.77. The molecule has 0 bridgehead atoms. The maximum atomic E-state index is 12.1. The number of methoxy groups -OCH3 is 1. The number of amides is 1. The predicted octanol–water partition coefficient (Wildman–Crippen LogP) is 0.492. The summed E-state index contributed by atoms with van der Waals surface area (Å²) in [7, 11) is 5.05. The van der Waals surface area contributed by atoms with Crippen LogP contribution in [0.1, 0.15) is 25.7 Å². The van der Waals surface area contributed by atoms with Gasteiger partial charge in [0.05, 0.1) is 13.7 Å². The zero-order valence-electron chi connectivity index (χ0n) is 10.9. The van der Waals surface area contributed by atoms with Gasteiger partial charge in [0.25, 0.3) is 0 Å². The van der Waals surface area contributed by atoms with Crippen molar-refractivity contribution < 1.29 is 14.3 Å². The lowest BCUT2D eigenvalue weighted by Gasteiger charge is -2.29. The van der Waals surface area contributed by atoms with E-state index in [2.05, 4.69) is 4.74 Å². The third-order valence-corrected chi connectivity index (χ3v) is 3.06. The average molecular weight is 242 g/mol. The van der Waals surface area contributed by atoms with Gasteiger partial charge in [0.15, 0.2) is 0 Å². The zero-order valence-corrected chi connectivity index (χ0v) is 10.9. The summed E-state index contributed by atoms with van der Waals surface area (Å²) in [5.74, 6) is -0.337. The molecule has 0 N–H and O–H groups in total. The molecule has 1 amide bonds. The molecule has 0 atom stereocenters. The third kappa shape index (κ3) is 4.34. The lowest BCUT2D eigenvalue weighted by atomic mass is 10.2. The summed E-state index contributed by atoms with van der Waals surface area (Å²) in [5, 5.41) is 0. The molecule has 0 heterocycles. The summed E-state index contributed by atoms with van der Waals surface area (Å²) in [6, 6.07) is 0.210. The number of carbonyl (C=O) groups excluding carboxylic acids is 2. The van der Waals surface area contributed by atoms with Crippen LogP contribution in [-0.2, 0) is 14.3 Å². The van der Waals surface area contributed by atoms with Gasteiger partial charge in [-0.25, -0.2) is 0 Å². The van der Waals surface area contributed by atoms with E-state index < -0.39 is 0 Å². The maximum absolute atomic E-state index is 12.1.